The zero-order valence-electron chi connectivity index (χ0n) is 13.3. The molecule has 0 aliphatic carbocycles. The Hall–Kier alpha value is -2.80. The summed E-state index contributed by atoms with van der Waals surface area (Å²) in [7, 11) is 2.96. The van der Waals surface area contributed by atoms with Crippen LogP contribution in [0, 0.1) is 0 Å². The third-order valence-corrected chi connectivity index (χ3v) is 4.21. The smallest absolute Gasteiger partial charge is 0.343 e. The minimum Gasteiger partial charge on any atom is -0.493 e. The van der Waals surface area contributed by atoms with Crippen LogP contribution in [0.2, 0.25) is 0 Å². The number of carboxylic acid groups (broad SMARTS) is 1. The first-order valence-electron chi connectivity index (χ1n) is 7.18. The van der Waals surface area contributed by atoms with E-state index < -0.39 is 17.0 Å². The maximum Gasteiger partial charge on any atom is 0.343 e. The summed E-state index contributed by atoms with van der Waals surface area (Å²) < 4.78 is 16.8. The third kappa shape index (κ3) is 2.98. The van der Waals surface area contributed by atoms with Crippen LogP contribution in [-0.4, -0.2) is 25.3 Å². The predicted octanol–water partition coefficient (Wildman–Crippen LogP) is 3.94. The molecule has 1 N–H and O–H groups in total. The van der Waals surface area contributed by atoms with Gasteiger partial charge < -0.3 is 19.0 Å². The van der Waals surface area contributed by atoms with Crippen molar-refractivity contribution in [3.63, 3.8) is 0 Å². The Balaban J connectivity index is 2.36. The molecular formula is C18H13BrO6. The highest BCUT2D eigenvalue weighted by Crippen LogP contribution is 2.34. The number of ether oxygens (including phenoxy) is 2. The lowest BCUT2D eigenvalue weighted by atomic mass is 10.0. The van der Waals surface area contributed by atoms with Crippen molar-refractivity contribution in [2.24, 2.45) is 0 Å². The predicted molar refractivity (Wildman–Crippen MR) is 95.7 cm³/mol. The van der Waals surface area contributed by atoms with Crippen LogP contribution in [-0.2, 0) is 0 Å². The van der Waals surface area contributed by atoms with Crippen molar-refractivity contribution >= 4 is 32.9 Å². The van der Waals surface area contributed by atoms with Crippen molar-refractivity contribution in [2.75, 3.05) is 14.2 Å². The summed E-state index contributed by atoms with van der Waals surface area (Å²) in [6, 6.07) is 9.64. The van der Waals surface area contributed by atoms with E-state index in [0.717, 1.165) is 0 Å². The summed E-state index contributed by atoms with van der Waals surface area (Å²) in [6.07, 6.45) is 0. The maximum absolute atomic E-state index is 12.7. The third-order valence-electron chi connectivity index (χ3n) is 3.71. The SMILES string of the molecule is COc1ccc(-c2oc3ccc(Br)cc3c(=O)c2C(=O)O)cc1OC. The number of rotatable bonds is 4. The Morgan fingerprint density at radius 2 is 1.80 bits per heavy atom. The van der Waals surface area contributed by atoms with Crippen LogP contribution in [0.3, 0.4) is 0 Å². The van der Waals surface area contributed by atoms with E-state index in [-0.39, 0.29) is 11.1 Å². The minimum absolute atomic E-state index is 0.0340. The molecular weight excluding hydrogens is 392 g/mol. The van der Waals surface area contributed by atoms with Crippen molar-refractivity contribution in [1.82, 2.24) is 0 Å². The molecule has 1 heterocycles. The van der Waals surface area contributed by atoms with E-state index in [0.29, 0.717) is 27.1 Å². The van der Waals surface area contributed by atoms with Gasteiger partial charge in [0.1, 0.15) is 5.58 Å². The zero-order chi connectivity index (χ0) is 18.1. The summed E-state index contributed by atoms with van der Waals surface area (Å²) >= 11 is 3.27. The van der Waals surface area contributed by atoms with E-state index in [2.05, 4.69) is 15.9 Å². The molecule has 128 valence electrons. The number of benzene rings is 2. The molecule has 0 spiro atoms. The Morgan fingerprint density at radius 1 is 1.08 bits per heavy atom. The van der Waals surface area contributed by atoms with Crippen molar-refractivity contribution < 1.29 is 23.8 Å². The number of carbonyl (C=O) groups is 1. The minimum atomic E-state index is -1.36. The Labute approximate surface area is 150 Å². The molecule has 3 rings (SSSR count). The number of fused-ring (bicyclic) bond motifs is 1. The van der Waals surface area contributed by atoms with Crippen molar-refractivity contribution in [1.29, 1.82) is 0 Å². The second kappa shape index (κ2) is 6.60. The molecule has 0 unspecified atom stereocenters. The van der Waals surface area contributed by atoms with Crippen molar-refractivity contribution in [3.8, 4) is 22.8 Å². The Morgan fingerprint density at radius 3 is 2.44 bits per heavy atom. The molecule has 0 aliphatic heterocycles. The molecule has 0 bridgehead atoms. The van der Waals surface area contributed by atoms with Gasteiger partial charge in [-0.25, -0.2) is 4.79 Å². The number of carboxylic acids is 1. The quantitative estimate of drug-likeness (QED) is 0.708. The van der Waals surface area contributed by atoms with Gasteiger partial charge in [0, 0.05) is 10.0 Å². The van der Waals surface area contributed by atoms with Crippen molar-refractivity contribution in [3.05, 3.63) is 56.7 Å². The molecule has 0 fully saturated rings. The highest BCUT2D eigenvalue weighted by molar-refractivity contribution is 9.10. The average Bonchev–Trinajstić information content (AvgIpc) is 2.61. The van der Waals surface area contributed by atoms with Crippen LogP contribution in [0.15, 0.2) is 50.1 Å². The number of halogens is 1. The fourth-order valence-corrected chi connectivity index (χ4v) is 2.90. The second-order valence-electron chi connectivity index (χ2n) is 5.15. The van der Waals surface area contributed by atoms with Crippen LogP contribution in [0.25, 0.3) is 22.3 Å². The molecule has 0 radical (unpaired) electrons. The summed E-state index contributed by atoms with van der Waals surface area (Å²) in [5.41, 5.74) is -0.349. The standard InChI is InChI=1S/C18H13BrO6/c1-23-13-5-3-9(7-14(13)24-2)17-15(18(21)22)16(20)11-8-10(19)4-6-12(11)25-17/h3-8H,1-2H3,(H,21,22). The lowest BCUT2D eigenvalue weighted by Gasteiger charge is -2.11. The topological polar surface area (TPSA) is 86.0 Å². The summed E-state index contributed by atoms with van der Waals surface area (Å²) in [5.74, 6) is -0.515. The summed E-state index contributed by atoms with van der Waals surface area (Å²) in [5, 5.41) is 9.73. The molecule has 2 aromatic carbocycles. The largest absolute Gasteiger partial charge is 0.493 e. The fraction of sp³-hybridized carbons (Fsp3) is 0.111. The van der Waals surface area contributed by atoms with E-state index >= 15 is 0 Å². The van der Waals surface area contributed by atoms with Gasteiger partial charge in [0.15, 0.2) is 22.8 Å². The fourth-order valence-electron chi connectivity index (χ4n) is 2.54. The number of hydrogen-bond donors (Lipinski definition) is 1. The monoisotopic (exact) mass is 404 g/mol. The van der Waals surface area contributed by atoms with Crippen LogP contribution in [0.4, 0.5) is 0 Å². The van der Waals surface area contributed by atoms with Gasteiger partial charge in [-0.2, -0.15) is 0 Å². The molecule has 3 aromatic rings. The van der Waals surface area contributed by atoms with Crippen LogP contribution < -0.4 is 14.9 Å². The Kier molecular flexibility index (Phi) is 4.50. The zero-order valence-corrected chi connectivity index (χ0v) is 14.9. The highest BCUT2D eigenvalue weighted by atomic mass is 79.9. The van der Waals surface area contributed by atoms with Gasteiger partial charge in [0.2, 0.25) is 5.43 Å². The van der Waals surface area contributed by atoms with Gasteiger partial charge in [0.25, 0.3) is 0 Å². The molecule has 0 atom stereocenters. The molecule has 6 nitrogen and oxygen atoms in total. The number of methoxy groups -OCH3 is 2. The molecule has 1 aromatic heterocycles. The van der Waals surface area contributed by atoms with Crippen LogP contribution in [0.1, 0.15) is 10.4 Å². The highest BCUT2D eigenvalue weighted by Gasteiger charge is 2.22. The van der Waals surface area contributed by atoms with E-state index in [1.807, 2.05) is 0 Å². The van der Waals surface area contributed by atoms with E-state index in [9.17, 15) is 14.7 Å². The molecule has 0 aliphatic rings. The van der Waals surface area contributed by atoms with E-state index in [4.69, 9.17) is 13.9 Å². The van der Waals surface area contributed by atoms with Crippen LogP contribution in [0.5, 0.6) is 11.5 Å². The first kappa shape index (κ1) is 17.0. The summed E-state index contributed by atoms with van der Waals surface area (Å²) in [4.78, 5) is 24.4. The second-order valence-corrected chi connectivity index (χ2v) is 6.07. The normalized spacial score (nSPS) is 10.7. The van der Waals surface area contributed by atoms with Gasteiger partial charge in [0.05, 0.1) is 19.6 Å². The van der Waals surface area contributed by atoms with E-state index in [1.54, 1.807) is 30.3 Å². The van der Waals surface area contributed by atoms with E-state index in [1.165, 1.54) is 20.3 Å². The van der Waals surface area contributed by atoms with Gasteiger partial charge in [-0.1, -0.05) is 15.9 Å². The Bertz CT molecular complexity index is 1040. The van der Waals surface area contributed by atoms with Crippen LogP contribution >= 0.6 is 15.9 Å². The first-order chi connectivity index (χ1) is 12.0. The maximum atomic E-state index is 12.7. The summed E-state index contributed by atoms with van der Waals surface area (Å²) in [6.45, 7) is 0. The molecule has 0 amide bonds. The molecule has 25 heavy (non-hydrogen) atoms. The van der Waals surface area contributed by atoms with Gasteiger partial charge >= 0.3 is 5.97 Å². The van der Waals surface area contributed by atoms with Crippen molar-refractivity contribution in [2.45, 2.75) is 0 Å². The molecule has 7 heteroatoms. The number of hydrogen-bond acceptors (Lipinski definition) is 5. The average molecular weight is 405 g/mol. The van der Waals surface area contributed by atoms with Gasteiger partial charge in [-0.05, 0) is 36.4 Å². The van der Waals surface area contributed by atoms with Gasteiger partial charge in [-0.15, -0.1) is 0 Å². The molecule has 0 saturated carbocycles. The van der Waals surface area contributed by atoms with Gasteiger partial charge in [-0.3, -0.25) is 4.79 Å². The molecule has 0 saturated heterocycles. The lowest BCUT2D eigenvalue weighted by Crippen LogP contribution is -2.16. The lowest BCUT2D eigenvalue weighted by molar-refractivity contribution is 0.0694. The number of aromatic carboxylic acids is 1. The first-order valence-corrected chi connectivity index (χ1v) is 7.97.